The number of hydrogen-bond acceptors (Lipinski definition) is 3. The summed E-state index contributed by atoms with van der Waals surface area (Å²) in [6.07, 6.45) is 1.57. The summed E-state index contributed by atoms with van der Waals surface area (Å²) in [6.45, 7) is 1.74. The van der Waals surface area contributed by atoms with E-state index in [1.54, 1.807) is 43.5 Å². The van der Waals surface area contributed by atoms with Crippen LogP contribution in [0.3, 0.4) is 0 Å². The first-order valence-corrected chi connectivity index (χ1v) is 5.14. The van der Waals surface area contributed by atoms with Gasteiger partial charge in [-0.2, -0.15) is 0 Å². The van der Waals surface area contributed by atoms with Crippen LogP contribution in [0.25, 0.3) is 0 Å². The zero-order valence-electron chi connectivity index (χ0n) is 8.64. The second-order valence-corrected chi connectivity index (χ2v) is 3.77. The van der Waals surface area contributed by atoms with Crippen LogP contribution < -0.4 is 0 Å². The molecule has 2 rings (SSSR count). The summed E-state index contributed by atoms with van der Waals surface area (Å²) in [6, 6.07) is 8.40. The van der Waals surface area contributed by atoms with E-state index in [1.165, 1.54) is 0 Å². The monoisotopic (exact) mass is 232 g/mol. The highest BCUT2D eigenvalue weighted by molar-refractivity contribution is 6.31. The van der Waals surface area contributed by atoms with Gasteiger partial charge in [-0.25, -0.2) is 9.97 Å². The largest absolute Gasteiger partial charge is 0.287 e. The summed E-state index contributed by atoms with van der Waals surface area (Å²) in [5, 5.41) is 0.539. The Morgan fingerprint density at radius 1 is 1.31 bits per heavy atom. The van der Waals surface area contributed by atoms with Crippen LogP contribution >= 0.6 is 11.6 Å². The molecule has 0 fully saturated rings. The van der Waals surface area contributed by atoms with E-state index in [0.29, 0.717) is 22.1 Å². The van der Waals surface area contributed by atoms with E-state index in [2.05, 4.69) is 9.97 Å². The lowest BCUT2D eigenvalue weighted by molar-refractivity contribution is 0.103. The molecule has 0 spiro atoms. The van der Waals surface area contributed by atoms with Crippen molar-refractivity contribution >= 4 is 17.4 Å². The van der Waals surface area contributed by atoms with Crippen molar-refractivity contribution in [2.24, 2.45) is 0 Å². The molecule has 80 valence electrons. The minimum absolute atomic E-state index is 0.145. The number of rotatable bonds is 2. The second-order valence-electron chi connectivity index (χ2n) is 3.33. The standard InChI is InChI=1S/C12H9ClN2O/c1-8-14-6-5-11(15-8)12(16)9-3-2-4-10(13)7-9/h2-7H,1H3. The van der Waals surface area contributed by atoms with Crippen molar-refractivity contribution in [3.05, 3.63) is 58.6 Å². The minimum Gasteiger partial charge on any atom is -0.287 e. The van der Waals surface area contributed by atoms with Gasteiger partial charge in [-0.15, -0.1) is 0 Å². The molecule has 16 heavy (non-hydrogen) atoms. The number of halogens is 1. The van der Waals surface area contributed by atoms with Gasteiger partial charge in [0.05, 0.1) is 0 Å². The van der Waals surface area contributed by atoms with Crippen molar-refractivity contribution in [2.45, 2.75) is 6.92 Å². The fourth-order valence-corrected chi connectivity index (χ4v) is 1.55. The third-order valence-electron chi connectivity index (χ3n) is 2.10. The summed E-state index contributed by atoms with van der Waals surface area (Å²) < 4.78 is 0. The van der Waals surface area contributed by atoms with Gasteiger partial charge in [0.2, 0.25) is 5.78 Å². The first kappa shape index (κ1) is 10.8. The molecule has 0 N–H and O–H groups in total. The predicted octanol–water partition coefficient (Wildman–Crippen LogP) is 2.67. The lowest BCUT2D eigenvalue weighted by Crippen LogP contribution is -2.05. The Hall–Kier alpha value is -1.74. The number of hydrogen-bond donors (Lipinski definition) is 0. The Balaban J connectivity index is 2.39. The average molecular weight is 233 g/mol. The van der Waals surface area contributed by atoms with E-state index in [9.17, 15) is 4.79 Å². The van der Waals surface area contributed by atoms with Crippen LogP contribution in [0.5, 0.6) is 0 Å². The van der Waals surface area contributed by atoms with E-state index in [0.717, 1.165) is 0 Å². The number of nitrogens with zero attached hydrogens (tertiary/aromatic N) is 2. The second kappa shape index (κ2) is 4.41. The third-order valence-corrected chi connectivity index (χ3v) is 2.33. The number of carbonyl (C=O) groups is 1. The molecule has 1 heterocycles. The molecular formula is C12H9ClN2O. The number of benzene rings is 1. The maximum absolute atomic E-state index is 12.0. The lowest BCUT2D eigenvalue weighted by Gasteiger charge is -2.01. The molecule has 0 radical (unpaired) electrons. The molecule has 0 unspecified atom stereocenters. The minimum atomic E-state index is -0.145. The molecule has 0 bridgehead atoms. The van der Waals surface area contributed by atoms with Crippen molar-refractivity contribution in [2.75, 3.05) is 0 Å². The molecule has 1 aromatic heterocycles. The van der Waals surface area contributed by atoms with E-state index < -0.39 is 0 Å². The Labute approximate surface area is 98.1 Å². The zero-order valence-corrected chi connectivity index (χ0v) is 9.40. The molecule has 4 heteroatoms. The molecule has 3 nitrogen and oxygen atoms in total. The highest BCUT2D eigenvalue weighted by atomic mass is 35.5. The van der Waals surface area contributed by atoms with Crippen LogP contribution in [0.15, 0.2) is 36.5 Å². The molecule has 0 saturated carbocycles. The molecule has 0 saturated heterocycles. The predicted molar refractivity (Wildman–Crippen MR) is 61.7 cm³/mol. The maximum atomic E-state index is 12.0. The third kappa shape index (κ3) is 2.25. The summed E-state index contributed by atoms with van der Waals surface area (Å²) in [7, 11) is 0. The topological polar surface area (TPSA) is 42.9 Å². The van der Waals surface area contributed by atoms with Crippen LogP contribution in [-0.4, -0.2) is 15.8 Å². The summed E-state index contributed by atoms with van der Waals surface area (Å²) in [4.78, 5) is 20.0. The van der Waals surface area contributed by atoms with E-state index in [1.807, 2.05) is 0 Å². The van der Waals surface area contributed by atoms with Gasteiger partial charge < -0.3 is 0 Å². The van der Waals surface area contributed by atoms with Crippen molar-refractivity contribution in [1.82, 2.24) is 9.97 Å². The summed E-state index contributed by atoms with van der Waals surface area (Å²) in [5.74, 6) is 0.431. The Morgan fingerprint density at radius 3 is 2.81 bits per heavy atom. The van der Waals surface area contributed by atoms with Gasteiger partial charge in [-0.3, -0.25) is 4.79 Å². The van der Waals surface area contributed by atoms with E-state index in [-0.39, 0.29) is 5.78 Å². The fourth-order valence-electron chi connectivity index (χ4n) is 1.36. The molecule has 0 amide bonds. The SMILES string of the molecule is Cc1nccc(C(=O)c2cccc(Cl)c2)n1. The highest BCUT2D eigenvalue weighted by Crippen LogP contribution is 2.13. The molecule has 2 aromatic rings. The first-order chi connectivity index (χ1) is 7.66. The smallest absolute Gasteiger partial charge is 0.211 e. The summed E-state index contributed by atoms with van der Waals surface area (Å²) >= 11 is 5.82. The van der Waals surface area contributed by atoms with Gasteiger partial charge in [0.25, 0.3) is 0 Å². The van der Waals surface area contributed by atoms with E-state index in [4.69, 9.17) is 11.6 Å². The van der Waals surface area contributed by atoms with Gasteiger partial charge in [-0.1, -0.05) is 23.7 Å². The normalized spacial score (nSPS) is 10.1. The Kier molecular flexibility index (Phi) is 2.97. The summed E-state index contributed by atoms with van der Waals surface area (Å²) in [5.41, 5.74) is 0.917. The van der Waals surface area contributed by atoms with Crippen molar-refractivity contribution in [3.8, 4) is 0 Å². The fraction of sp³-hybridized carbons (Fsp3) is 0.0833. The van der Waals surface area contributed by atoms with Gasteiger partial charge >= 0.3 is 0 Å². The number of aryl methyl sites for hydroxylation is 1. The van der Waals surface area contributed by atoms with Gasteiger partial charge in [-0.05, 0) is 25.1 Å². The van der Waals surface area contributed by atoms with Gasteiger partial charge in [0.1, 0.15) is 11.5 Å². The maximum Gasteiger partial charge on any atom is 0.211 e. The lowest BCUT2D eigenvalue weighted by atomic mass is 10.1. The average Bonchev–Trinajstić information content (AvgIpc) is 2.28. The molecule has 1 aromatic carbocycles. The van der Waals surface area contributed by atoms with Gasteiger partial charge in [0, 0.05) is 16.8 Å². The van der Waals surface area contributed by atoms with Gasteiger partial charge in [0.15, 0.2) is 0 Å². The van der Waals surface area contributed by atoms with Crippen molar-refractivity contribution < 1.29 is 4.79 Å². The Bertz CT molecular complexity index is 493. The molecular weight excluding hydrogens is 224 g/mol. The van der Waals surface area contributed by atoms with Crippen LogP contribution in [0.1, 0.15) is 21.9 Å². The molecule has 0 aliphatic rings. The van der Waals surface area contributed by atoms with Crippen LogP contribution in [0.4, 0.5) is 0 Å². The molecule has 0 atom stereocenters. The quantitative estimate of drug-likeness (QED) is 0.748. The van der Waals surface area contributed by atoms with E-state index >= 15 is 0 Å². The number of ketones is 1. The van der Waals surface area contributed by atoms with Crippen LogP contribution in [0.2, 0.25) is 5.02 Å². The first-order valence-electron chi connectivity index (χ1n) is 4.77. The zero-order chi connectivity index (χ0) is 11.5. The number of carbonyl (C=O) groups excluding carboxylic acids is 1. The van der Waals surface area contributed by atoms with Crippen LogP contribution in [-0.2, 0) is 0 Å². The Morgan fingerprint density at radius 2 is 2.12 bits per heavy atom. The molecule has 0 aliphatic heterocycles. The van der Waals surface area contributed by atoms with Crippen LogP contribution in [0, 0.1) is 6.92 Å². The number of aromatic nitrogens is 2. The highest BCUT2D eigenvalue weighted by Gasteiger charge is 2.10. The molecule has 0 aliphatic carbocycles. The van der Waals surface area contributed by atoms with Crippen molar-refractivity contribution in [1.29, 1.82) is 0 Å². The van der Waals surface area contributed by atoms with Crippen molar-refractivity contribution in [3.63, 3.8) is 0 Å².